The maximum absolute atomic E-state index is 12.7. The molecule has 0 bridgehead atoms. The van der Waals surface area contributed by atoms with Crippen LogP contribution in [0.15, 0.2) is 54.6 Å². The van der Waals surface area contributed by atoms with E-state index in [1.54, 1.807) is 36.3 Å². The Labute approximate surface area is 152 Å². The summed E-state index contributed by atoms with van der Waals surface area (Å²) in [6.45, 7) is 3.18. The highest BCUT2D eigenvalue weighted by atomic mass is 16.6. The second-order valence-corrected chi connectivity index (χ2v) is 6.40. The maximum atomic E-state index is 12.7. The molecule has 3 rings (SSSR count). The van der Waals surface area contributed by atoms with Crippen molar-refractivity contribution in [3.63, 3.8) is 0 Å². The largest absolute Gasteiger partial charge is 0.447 e. The summed E-state index contributed by atoms with van der Waals surface area (Å²) in [6.07, 6.45) is -0.362. The van der Waals surface area contributed by atoms with E-state index >= 15 is 0 Å². The molecule has 0 saturated carbocycles. The van der Waals surface area contributed by atoms with E-state index in [4.69, 9.17) is 9.47 Å². The highest BCUT2D eigenvalue weighted by Crippen LogP contribution is 2.23. The fraction of sp³-hybridized carbons (Fsp3) is 0.300. The van der Waals surface area contributed by atoms with Gasteiger partial charge in [0.25, 0.3) is 5.91 Å². The Hall–Kier alpha value is -2.86. The Balaban J connectivity index is 1.76. The number of methoxy groups -OCH3 is 1. The van der Waals surface area contributed by atoms with Gasteiger partial charge in [-0.25, -0.2) is 4.79 Å². The quantitative estimate of drug-likeness (QED) is 0.866. The second-order valence-electron chi connectivity index (χ2n) is 6.40. The van der Waals surface area contributed by atoms with Crippen LogP contribution in [0.3, 0.4) is 0 Å². The molecule has 2 aromatic carbocycles. The van der Waals surface area contributed by atoms with Gasteiger partial charge in [0, 0.05) is 18.4 Å². The Kier molecular flexibility index (Phi) is 5.23. The molecule has 6 heteroatoms. The molecule has 1 fully saturated rings. The van der Waals surface area contributed by atoms with Crippen LogP contribution in [0.4, 0.5) is 10.5 Å². The van der Waals surface area contributed by atoms with Crippen molar-refractivity contribution in [3.8, 4) is 0 Å². The van der Waals surface area contributed by atoms with Crippen LogP contribution >= 0.6 is 0 Å². The van der Waals surface area contributed by atoms with Gasteiger partial charge in [0.05, 0.1) is 18.7 Å². The van der Waals surface area contributed by atoms with Crippen LogP contribution in [0.2, 0.25) is 0 Å². The number of rotatable bonds is 6. The molecule has 0 aromatic heterocycles. The molecule has 1 heterocycles. The molecule has 26 heavy (non-hydrogen) atoms. The van der Waals surface area contributed by atoms with Crippen molar-refractivity contribution in [2.45, 2.75) is 12.5 Å². The topological polar surface area (TPSA) is 67.9 Å². The third-order valence-corrected chi connectivity index (χ3v) is 4.44. The van der Waals surface area contributed by atoms with E-state index < -0.39 is 5.54 Å². The summed E-state index contributed by atoms with van der Waals surface area (Å²) in [7, 11) is 1.61. The zero-order valence-electron chi connectivity index (χ0n) is 14.9. The predicted octanol–water partition coefficient (Wildman–Crippen LogP) is 2.93. The third-order valence-electron chi connectivity index (χ3n) is 4.44. The fourth-order valence-corrected chi connectivity index (χ4v) is 3.03. The standard InChI is InChI=1S/C20H22N2O4/c1-20(14-25-2,16-6-4-3-5-7-16)21-18(23)15-8-10-17(11-9-15)22-12-13-26-19(22)24/h3-11H,12-14H2,1-2H3,(H,21,23). The molecular weight excluding hydrogens is 332 g/mol. The lowest BCUT2D eigenvalue weighted by molar-refractivity contribution is 0.0786. The highest BCUT2D eigenvalue weighted by molar-refractivity contribution is 5.96. The van der Waals surface area contributed by atoms with Gasteiger partial charge >= 0.3 is 6.09 Å². The molecule has 1 aliphatic rings. The minimum Gasteiger partial charge on any atom is -0.447 e. The summed E-state index contributed by atoms with van der Waals surface area (Å²) in [4.78, 5) is 25.9. The van der Waals surface area contributed by atoms with Gasteiger partial charge in [0.15, 0.2) is 0 Å². The van der Waals surface area contributed by atoms with E-state index in [0.717, 1.165) is 5.56 Å². The molecule has 1 saturated heterocycles. The van der Waals surface area contributed by atoms with Gasteiger partial charge in [0.1, 0.15) is 6.61 Å². The number of hydrogen-bond donors (Lipinski definition) is 1. The lowest BCUT2D eigenvalue weighted by atomic mass is 9.92. The summed E-state index contributed by atoms with van der Waals surface area (Å²) in [5.41, 5.74) is 1.54. The van der Waals surface area contributed by atoms with Gasteiger partial charge in [-0.1, -0.05) is 30.3 Å². The summed E-state index contributed by atoms with van der Waals surface area (Å²) in [5, 5.41) is 3.06. The van der Waals surface area contributed by atoms with E-state index in [1.807, 2.05) is 37.3 Å². The van der Waals surface area contributed by atoms with Crippen LogP contribution in [0.1, 0.15) is 22.8 Å². The molecule has 136 valence electrons. The summed E-state index contributed by atoms with van der Waals surface area (Å²) in [6, 6.07) is 16.6. The van der Waals surface area contributed by atoms with Crippen molar-refractivity contribution in [1.82, 2.24) is 5.32 Å². The first-order chi connectivity index (χ1) is 12.5. The second kappa shape index (κ2) is 7.58. The molecule has 0 aliphatic carbocycles. The van der Waals surface area contributed by atoms with Crippen LogP contribution in [0.25, 0.3) is 0 Å². The van der Waals surface area contributed by atoms with Crippen molar-refractivity contribution in [2.75, 3.05) is 31.8 Å². The van der Waals surface area contributed by atoms with E-state index in [2.05, 4.69) is 5.32 Å². The third kappa shape index (κ3) is 3.70. The number of carbonyl (C=O) groups is 2. The monoisotopic (exact) mass is 354 g/mol. The normalized spacial score (nSPS) is 16.1. The maximum Gasteiger partial charge on any atom is 0.414 e. The first-order valence-electron chi connectivity index (χ1n) is 8.45. The first-order valence-corrected chi connectivity index (χ1v) is 8.45. The average molecular weight is 354 g/mol. The average Bonchev–Trinajstić information content (AvgIpc) is 3.09. The van der Waals surface area contributed by atoms with Gasteiger partial charge in [-0.3, -0.25) is 9.69 Å². The SMILES string of the molecule is COCC(C)(NC(=O)c1ccc(N2CCOC2=O)cc1)c1ccccc1. The van der Waals surface area contributed by atoms with Gasteiger partial charge in [0.2, 0.25) is 0 Å². The Morgan fingerprint density at radius 2 is 1.88 bits per heavy atom. The van der Waals surface area contributed by atoms with Crippen molar-refractivity contribution in [2.24, 2.45) is 0 Å². The van der Waals surface area contributed by atoms with Crippen LogP contribution in [0.5, 0.6) is 0 Å². The van der Waals surface area contributed by atoms with Crippen LogP contribution < -0.4 is 10.2 Å². The first kappa shape index (κ1) is 17.9. The number of cyclic esters (lactones) is 1. The minimum atomic E-state index is -0.648. The van der Waals surface area contributed by atoms with Gasteiger partial charge < -0.3 is 14.8 Å². The lowest BCUT2D eigenvalue weighted by Crippen LogP contribution is -2.46. The van der Waals surface area contributed by atoms with E-state index in [0.29, 0.717) is 31.0 Å². The van der Waals surface area contributed by atoms with E-state index in [-0.39, 0.29) is 12.0 Å². The molecule has 1 aliphatic heterocycles. The van der Waals surface area contributed by atoms with Crippen molar-refractivity contribution < 1.29 is 19.1 Å². The Morgan fingerprint density at radius 1 is 1.19 bits per heavy atom. The number of ether oxygens (including phenoxy) is 2. The number of hydrogen-bond acceptors (Lipinski definition) is 4. The van der Waals surface area contributed by atoms with Gasteiger partial charge in [-0.2, -0.15) is 0 Å². The van der Waals surface area contributed by atoms with Crippen LogP contribution in [-0.4, -0.2) is 38.9 Å². The van der Waals surface area contributed by atoms with Gasteiger partial charge in [-0.15, -0.1) is 0 Å². The predicted molar refractivity (Wildman–Crippen MR) is 98.3 cm³/mol. The number of nitrogens with zero attached hydrogens (tertiary/aromatic N) is 1. The number of benzene rings is 2. The van der Waals surface area contributed by atoms with Crippen LogP contribution in [0, 0.1) is 0 Å². The van der Waals surface area contributed by atoms with Crippen LogP contribution in [-0.2, 0) is 15.0 Å². The Bertz CT molecular complexity index is 776. The molecule has 0 spiro atoms. The van der Waals surface area contributed by atoms with Crippen molar-refractivity contribution >= 4 is 17.7 Å². The zero-order chi connectivity index (χ0) is 18.6. The fourth-order valence-electron chi connectivity index (χ4n) is 3.03. The number of nitrogens with one attached hydrogen (secondary N) is 1. The number of carbonyl (C=O) groups excluding carboxylic acids is 2. The van der Waals surface area contributed by atoms with Crippen molar-refractivity contribution in [3.05, 3.63) is 65.7 Å². The molecule has 2 amide bonds. The van der Waals surface area contributed by atoms with Crippen molar-refractivity contribution in [1.29, 1.82) is 0 Å². The molecule has 1 unspecified atom stereocenters. The van der Waals surface area contributed by atoms with Gasteiger partial charge in [-0.05, 0) is 36.8 Å². The van der Waals surface area contributed by atoms with E-state index in [1.165, 1.54) is 0 Å². The lowest BCUT2D eigenvalue weighted by Gasteiger charge is -2.31. The summed E-state index contributed by atoms with van der Waals surface area (Å²) < 4.78 is 10.3. The number of anilines is 1. The molecule has 2 aromatic rings. The summed E-state index contributed by atoms with van der Waals surface area (Å²) in [5.74, 6) is -0.205. The molecule has 1 atom stereocenters. The van der Waals surface area contributed by atoms with E-state index in [9.17, 15) is 9.59 Å². The minimum absolute atomic E-state index is 0.205. The molecular formula is C20H22N2O4. The zero-order valence-corrected chi connectivity index (χ0v) is 14.9. The smallest absolute Gasteiger partial charge is 0.414 e. The number of amides is 2. The Morgan fingerprint density at radius 3 is 2.46 bits per heavy atom. The molecule has 6 nitrogen and oxygen atoms in total. The molecule has 0 radical (unpaired) electrons. The highest BCUT2D eigenvalue weighted by Gasteiger charge is 2.29. The molecule has 1 N–H and O–H groups in total. The summed E-state index contributed by atoms with van der Waals surface area (Å²) >= 11 is 0.